The lowest BCUT2D eigenvalue weighted by Gasteiger charge is -2.22. The van der Waals surface area contributed by atoms with E-state index in [0.717, 1.165) is 0 Å². The Morgan fingerprint density at radius 1 is 1.12 bits per heavy atom. The summed E-state index contributed by atoms with van der Waals surface area (Å²) in [5.74, 6) is -0.712. The van der Waals surface area contributed by atoms with E-state index in [4.69, 9.17) is 0 Å². The fourth-order valence-electron chi connectivity index (χ4n) is 3.73. The molecular weight excluding hydrogens is 356 g/mol. The van der Waals surface area contributed by atoms with E-state index < -0.39 is 16.1 Å². The molecule has 0 aliphatic carbocycles. The molecule has 136 valence electrons. The van der Waals surface area contributed by atoms with Crippen molar-refractivity contribution in [3.63, 3.8) is 0 Å². The number of carbonyl (C=O) groups is 2. The topological polar surface area (TPSA) is 103 Å². The molecule has 0 spiro atoms. The third kappa shape index (κ3) is 2.31. The van der Waals surface area contributed by atoms with Gasteiger partial charge in [0, 0.05) is 13.1 Å². The minimum Gasteiger partial charge on any atom is -0.281 e. The first-order chi connectivity index (χ1) is 12.3. The quantitative estimate of drug-likeness (QED) is 0.810. The summed E-state index contributed by atoms with van der Waals surface area (Å²) in [5, 5.41) is 6.64. The molecule has 1 aromatic carbocycles. The number of rotatable bonds is 3. The highest BCUT2D eigenvalue weighted by molar-refractivity contribution is 7.89. The van der Waals surface area contributed by atoms with Crippen LogP contribution in [-0.2, 0) is 10.0 Å². The molecule has 4 rings (SSSR count). The van der Waals surface area contributed by atoms with Crippen molar-refractivity contribution in [2.45, 2.75) is 31.2 Å². The van der Waals surface area contributed by atoms with Gasteiger partial charge in [-0.15, -0.1) is 0 Å². The molecule has 0 saturated carbocycles. The molecule has 2 aliphatic heterocycles. The Labute approximate surface area is 150 Å². The van der Waals surface area contributed by atoms with E-state index in [-0.39, 0.29) is 29.8 Å². The number of H-pyrrole nitrogens is 1. The Morgan fingerprint density at radius 2 is 1.73 bits per heavy atom. The lowest BCUT2D eigenvalue weighted by atomic mass is 10.1. The van der Waals surface area contributed by atoms with Crippen molar-refractivity contribution in [3.8, 4) is 0 Å². The molecule has 2 aliphatic rings. The molecule has 1 saturated heterocycles. The van der Waals surface area contributed by atoms with Gasteiger partial charge in [0.05, 0.1) is 28.6 Å². The summed E-state index contributed by atoms with van der Waals surface area (Å²) in [6.45, 7) is 3.64. The van der Waals surface area contributed by atoms with Crippen LogP contribution in [0, 0.1) is 13.8 Å². The van der Waals surface area contributed by atoms with Crippen LogP contribution in [0.3, 0.4) is 0 Å². The largest absolute Gasteiger partial charge is 0.281 e. The number of aromatic nitrogens is 2. The fourth-order valence-corrected chi connectivity index (χ4v) is 5.55. The summed E-state index contributed by atoms with van der Waals surface area (Å²) in [6, 6.07) is 6.20. The normalized spacial score (nSPS) is 20.8. The highest BCUT2D eigenvalue weighted by Crippen LogP contribution is 2.31. The highest BCUT2D eigenvalue weighted by atomic mass is 32.2. The van der Waals surface area contributed by atoms with E-state index in [1.54, 1.807) is 38.1 Å². The second-order valence-corrected chi connectivity index (χ2v) is 8.47. The lowest BCUT2D eigenvalue weighted by molar-refractivity contribution is 0.0593. The Hall–Kier alpha value is -2.52. The molecule has 2 amide bonds. The van der Waals surface area contributed by atoms with Gasteiger partial charge in [-0.25, -0.2) is 8.42 Å². The highest BCUT2D eigenvalue weighted by Gasteiger charge is 2.44. The van der Waals surface area contributed by atoms with Crippen LogP contribution in [0.4, 0.5) is 0 Å². The number of sulfonamides is 1. The van der Waals surface area contributed by atoms with Crippen LogP contribution in [0.2, 0.25) is 0 Å². The second kappa shape index (κ2) is 5.75. The van der Waals surface area contributed by atoms with Crippen molar-refractivity contribution in [1.29, 1.82) is 0 Å². The minimum absolute atomic E-state index is 0.0951. The number of fused-ring (bicyclic) bond motifs is 1. The van der Waals surface area contributed by atoms with Gasteiger partial charge in [0.15, 0.2) is 0 Å². The molecule has 8 nitrogen and oxygen atoms in total. The monoisotopic (exact) mass is 374 g/mol. The van der Waals surface area contributed by atoms with Gasteiger partial charge in [-0.3, -0.25) is 19.6 Å². The van der Waals surface area contributed by atoms with Crippen molar-refractivity contribution in [1.82, 2.24) is 19.4 Å². The van der Waals surface area contributed by atoms with Crippen molar-refractivity contribution < 1.29 is 18.0 Å². The first-order valence-corrected chi connectivity index (χ1v) is 9.75. The van der Waals surface area contributed by atoms with Gasteiger partial charge in [0.1, 0.15) is 4.90 Å². The Bertz CT molecular complexity index is 973. The third-order valence-corrected chi connectivity index (χ3v) is 7.10. The number of imide groups is 1. The summed E-state index contributed by atoms with van der Waals surface area (Å²) in [6.07, 6.45) is 0.417. The van der Waals surface area contributed by atoms with Gasteiger partial charge < -0.3 is 0 Å². The molecule has 2 aromatic rings. The van der Waals surface area contributed by atoms with Crippen molar-refractivity contribution in [2.24, 2.45) is 0 Å². The number of aromatic amines is 1. The Morgan fingerprint density at radius 3 is 2.27 bits per heavy atom. The molecule has 26 heavy (non-hydrogen) atoms. The van der Waals surface area contributed by atoms with Crippen LogP contribution in [-0.4, -0.2) is 58.8 Å². The summed E-state index contributed by atoms with van der Waals surface area (Å²) >= 11 is 0. The maximum absolute atomic E-state index is 13.0. The second-order valence-electron chi connectivity index (χ2n) is 6.59. The summed E-state index contributed by atoms with van der Waals surface area (Å²) in [5.41, 5.74) is 1.64. The SMILES string of the molecule is Cc1n[nH]c(C)c1S(=O)(=O)N1CCC(N2C(=O)c3ccccc3C2=O)C1. The van der Waals surface area contributed by atoms with Gasteiger partial charge in [-0.1, -0.05) is 12.1 Å². The zero-order valence-electron chi connectivity index (χ0n) is 14.4. The molecule has 1 aromatic heterocycles. The molecule has 3 heterocycles. The summed E-state index contributed by atoms with van der Waals surface area (Å²) in [7, 11) is -3.73. The Kier molecular flexibility index (Phi) is 3.74. The smallest absolute Gasteiger partial charge is 0.261 e. The van der Waals surface area contributed by atoms with E-state index in [9.17, 15) is 18.0 Å². The molecule has 1 N–H and O–H groups in total. The van der Waals surface area contributed by atoms with Crippen LogP contribution in [0.5, 0.6) is 0 Å². The molecular formula is C17H18N4O4S. The van der Waals surface area contributed by atoms with Crippen molar-refractivity contribution >= 4 is 21.8 Å². The van der Waals surface area contributed by atoms with E-state index in [2.05, 4.69) is 10.2 Å². The van der Waals surface area contributed by atoms with Crippen LogP contribution in [0.15, 0.2) is 29.2 Å². The zero-order valence-corrected chi connectivity index (χ0v) is 15.2. The number of hydrogen-bond acceptors (Lipinski definition) is 5. The van der Waals surface area contributed by atoms with Crippen LogP contribution >= 0.6 is 0 Å². The predicted octanol–water partition coefficient (Wildman–Crippen LogP) is 1.09. The number of nitrogens with one attached hydrogen (secondary N) is 1. The third-order valence-electron chi connectivity index (χ3n) is 4.98. The van der Waals surface area contributed by atoms with Gasteiger partial charge in [0.25, 0.3) is 11.8 Å². The van der Waals surface area contributed by atoms with E-state index >= 15 is 0 Å². The average molecular weight is 374 g/mol. The summed E-state index contributed by atoms with van der Waals surface area (Å²) < 4.78 is 27.2. The number of benzene rings is 1. The summed E-state index contributed by atoms with van der Waals surface area (Å²) in [4.78, 5) is 26.6. The fraction of sp³-hybridized carbons (Fsp3) is 0.353. The number of amides is 2. The number of hydrogen-bond donors (Lipinski definition) is 1. The lowest BCUT2D eigenvalue weighted by Crippen LogP contribution is -2.42. The molecule has 0 radical (unpaired) electrons. The van der Waals surface area contributed by atoms with E-state index in [0.29, 0.717) is 28.9 Å². The molecule has 0 bridgehead atoms. The van der Waals surface area contributed by atoms with Crippen LogP contribution in [0.1, 0.15) is 38.5 Å². The molecule has 1 fully saturated rings. The first kappa shape index (κ1) is 16.9. The van der Waals surface area contributed by atoms with Crippen LogP contribution < -0.4 is 0 Å². The molecule has 1 atom stereocenters. The predicted molar refractivity (Wildman–Crippen MR) is 92.2 cm³/mol. The minimum atomic E-state index is -3.73. The van der Waals surface area contributed by atoms with Crippen LogP contribution in [0.25, 0.3) is 0 Å². The maximum Gasteiger partial charge on any atom is 0.261 e. The van der Waals surface area contributed by atoms with Crippen molar-refractivity contribution in [2.75, 3.05) is 13.1 Å². The average Bonchev–Trinajstić information content (AvgIpc) is 3.27. The van der Waals surface area contributed by atoms with Crippen molar-refractivity contribution in [3.05, 3.63) is 46.8 Å². The van der Waals surface area contributed by atoms with Gasteiger partial charge >= 0.3 is 0 Å². The van der Waals surface area contributed by atoms with Gasteiger partial charge in [-0.05, 0) is 32.4 Å². The van der Waals surface area contributed by atoms with E-state index in [1.807, 2.05) is 0 Å². The zero-order chi connectivity index (χ0) is 18.6. The molecule has 9 heteroatoms. The van der Waals surface area contributed by atoms with Gasteiger partial charge in [-0.2, -0.15) is 9.40 Å². The Balaban J connectivity index is 1.61. The number of aryl methyl sites for hydroxylation is 2. The number of carbonyl (C=O) groups excluding carboxylic acids is 2. The molecule has 1 unspecified atom stereocenters. The standard InChI is InChI=1S/C17H18N4O4S/c1-10-15(11(2)19-18-10)26(24,25)20-8-7-12(9-20)21-16(22)13-5-3-4-6-14(13)17(21)23/h3-6,12H,7-9H2,1-2H3,(H,18,19). The first-order valence-electron chi connectivity index (χ1n) is 8.31. The maximum atomic E-state index is 13.0. The van der Waals surface area contributed by atoms with Gasteiger partial charge in [0.2, 0.25) is 10.0 Å². The van der Waals surface area contributed by atoms with E-state index in [1.165, 1.54) is 9.21 Å². The number of nitrogens with zero attached hydrogens (tertiary/aromatic N) is 3.